The molecule has 5 nitrogen and oxygen atoms in total. The van der Waals surface area contributed by atoms with E-state index in [4.69, 9.17) is 9.72 Å². The predicted molar refractivity (Wildman–Crippen MR) is 213 cm³/mol. The van der Waals surface area contributed by atoms with E-state index in [0.717, 1.165) is 39.3 Å². The van der Waals surface area contributed by atoms with Crippen molar-refractivity contribution in [3.8, 4) is 39.6 Å². The van der Waals surface area contributed by atoms with Crippen LogP contribution in [0.25, 0.3) is 28.1 Å². The van der Waals surface area contributed by atoms with Crippen molar-refractivity contribution < 1.29 is 25.8 Å². The number of rotatable bonds is 6. The van der Waals surface area contributed by atoms with Gasteiger partial charge in [0.25, 0.3) is 0 Å². The van der Waals surface area contributed by atoms with Gasteiger partial charge >= 0.3 is 21.1 Å². The fourth-order valence-electron chi connectivity index (χ4n) is 7.73. The van der Waals surface area contributed by atoms with E-state index in [-0.39, 0.29) is 31.9 Å². The molecule has 0 unspecified atom stereocenters. The molecule has 0 N–H and O–H groups in total. The van der Waals surface area contributed by atoms with E-state index in [1.807, 2.05) is 42.7 Å². The molecule has 272 valence electrons. The molecule has 0 aliphatic heterocycles. The molecular formula is C48H44N4OPt. The van der Waals surface area contributed by atoms with Crippen LogP contribution in [0.1, 0.15) is 86.2 Å². The topological polar surface area (TPSA) is 52.8 Å². The van der Waals surface area contributed by atoms with Gasteiger partial charge in [-0.15, -0.1) is 41.0 Å². The Balaban J connectivity index is 0.00000450. The normalized spacial score (nSPS) is 13.2. The SMILES string of the molecule is Cc1cccc(C)c1-c1cn(-c2[c-]c(Oc3[c-]c(C4(c5ccccn5)c5cc(C(C)(C)C)ccc5-c5ccc(C(C)(C)C)cc54)ccc3)ccc2)nn1.[Pt+2]. The minimum atomic E-state index is -0.732. The fraction of sp³-hybridized carbons (Fsp3) is 0.229. The summed E-state index contributed by atoms with van der Waals surface area (Å²) in [6, 6.07) is 45.6. The van der Waals surface area contributed by atoms with E-state index < -0.39 is 5.41 Å². The number of aryl methyl sites for hydroxylation is 2. The van der Waals surface area contributed by atoms with Gasteiger partial charge in [-0.2, -0.15) is 18.2 Å². The third-order valence-electron chi connectivity index (χ3n) is 10.5. The predicted octanol–water partition coefficient (Wildman–Crippen LogP) is 11.3. The smallest absolute Gasteiger partial charge is 0.509 e. The average molecular weight is 888 g/mol. The van der Waals surface area contributed by atoms with Crippen LogP contribution in [0.15, 0.2) is 122 Å². The van der Waals surface area contributed by atoms with Gasteiger partial charge in [0.2, 0.25) is 0 Å². The molecule has 7 aromatic rings. The van der Waals surface area contributed by atoms with Gasteiger partial charge in [-0.25, -0.2) is 4.68 Å². The Morgan fingerprint density at radius 2 is 1.24 bits per heavy atom. The zero-order valence-electron chi connectivity index (χ0n) is 32.1. The van der Waals surface area contributed by atoms with Crippen LogP contribution in [-0.2, 0) is 37.3 Å². The van der Waals surface area contributed by atoms with Crippen molar-refractivity contribution in [2.24, 2.45) is 0 Å². The van der Waals surface area contributed by atoms with Gasteiger partial charge in [0.15, 0.2) is 0 Å². The van der Waals surface area contributed by atoms with E-state index in [0.29, 0.717) is 11.5 Å². The molecule has 8 rings (SSSR count). The molecule has 0 fully saturated rings. The molecule has 2 heterocycles. The number of pyridine rings is 1. The van der Waals surface area contributed by atoms with E-state index in [1.54, 1.807) is 4.68 Å². The molecule has 2 aromatic heterocycles. The van der Waals surface area contributed by atoms with Gasteiger partial charge in [0.1, 0.15) is 5.69 Å². The fourth-order valence-corrected chi connectivity index (χ4v) is 7.73. The van der Waals surface area contributed by atoms with Crippen molar-refractivity contribution in [1.29, 1.82) is 0 Å². The van der Waals surface area contributed by atoms with Crippen LogP contribution in [0.4, 0.5) is 0 Å². The third-order valence-corrected chi connectivity index (χ3v) is 10.5. The Hall–Kier alpha value is -5.12. The first-order valence-corrected chi connectivity index (χ1v) is 18.3. The quantitative estimate of drug-likeness (QED) is 0.156. The molecular weight excluding hydrogens is 844 g/mol. The number of ether oxygens (including phenoxy) is 1. The molecule has 1 aliphatic rings. The van der Waals surface area contributed by atoms with Crippen LogP contribution in [0.2, 0.25) is 0 Å². The molecule has 1 aliphatic carbocycles. The molecule has 0 amide bonds. The Morgan fingerprint density at radius 3 is 1.83 bits per heavy atom. The first-order valence-electron chi connectivity index (χ1n) is 18.3. The second-order valence-corrected chi connectivity index (χ2v) is 16.2. The molecule has 0 saturated heterocycles. The molecule has 0 bridgehead atoms. The number of fused-ring (bicyclic) bond motifs is 3. The summed E-state index contributed by atoms with van der Waals surface area (Å²) in [4.78, 5) is 5.10. The first kappa shape index (κ1) is 37.2. The van der Waals surface area contributed by atoms with Gasteiger partial charge < -0.3 is 4.74 Å². The van der Waals surface area contributed by atoms with Gasteiger partial charge in [-0.1, -0.05) is 107 Å². The zero-order chi connectivity index (χ0) is 37.1. The number of hydrogen-bond donors (Lipinski definition) is 0. The third kappa shape index (κ3) is 6.43. The Morgan fingerprint density at radius 1 is 0.648 bits per heavy atom. The molecule has 54 heavy (non-hydrogen) atoms. The zero-order valence-corrected chi connectivity index (χ0v) is 34.3. The number of hydrogen-bond acceptors (Lipinski definition) is 4. The van der Waals surface area contributed by atoms with Gasteiger partial charge in [-0.05, 0) is 87.0 Å². The van der Waals surface area contributed by atoms with Crippen molar-refractivity contribution in [2.45, 2.75) is 71.6 Å². The summed E-state index contributed by atoms with van der Waals surface area (Å²) in [6.07, 6.45) is 3.84. The van der Waals surface area contributed by atoms with Gasteiger partial charge in [-0.3, -0.25) is 4.98 Å². The van der Waals surface area contributed by atoms with E-state index >= 15 is 0 Å². The van der Waals surface area contributed by atoms with Crippen LogP contribution in [0.3, 0.4) is 0 Å². The van der Waals surface area contributed by atoms with Gasteiger partial charge in [0, 0.05) is 23.3 Å². The van der Waals surface area contributed by atoms with Crippen LogP contribution < -0.4 is 4.74 Å². The largest absolute Gasteiger partial charge is 2.00 e. The Kier molecular flexibility index (Phi) is 9.60. The summed E-state index contributed by atoms with van der Waals surface area (Å²) in [5.41, 5.74) is 13.5. The minimum absolute atomic E-state index is 0. The van der Waals surface area contributed by atoms with Crippen molar-refractivity contribution in [2.75, 3.05) is 0 Å². The average Bonchev–Trinajstić information content (AvgIpc) is 3.73. The van der Waals surface area contributed by atoms with Crippen LogP contribution in [-0.4, -0.2) is 20.0 Å². The maximum Gasteiger partial charge on any atom is 2.00 e. The summed E-state index contributed by atoms with van der Waals surface area (Å²) in [5, 5.41) is 8.97. The van der Waals surface area contributed by atoms with Crippen LogP contribution >= 0.6 is 0 Å². The van der Waals surface area contributed by atoms with Crippen molar-refractivity contribution in [3.05, 3.63) is 178 Å². The molecule has 5 aromatic carbocycles. The monoisotopic (exact) mass is 887 g/mol. The second-order valence-electron chi connectivity index (χ2n) is 16.2. The number of benzene rings is 5. The number of nitrogens with zero attached hydrogens (tertiary/aromatic N) is 4. The Labute approximate surface area is 333 Å². The Bertz CT molecular complexity index is 2400. The van der Waals surface area contributed by atoms with Crippen LogP contribution in [0.5, 0.6) is 11.5 Å². The molecule has 0 atom stereocenters. The van der Waals surface area contributed by atoms with E-state index in [9.17, 15) is 0 Å². The standard InChI is InChI=1S/C48H44N4O.Pt/c1-31-14-11-15-32(2)45(31)43-30-52(51-50-43)36-17-13-19-38(29-36)53-37-18-12-16-35(26-37)48(44-20-9-10-25-49-44)41-27-33(46(3,4)5)21-23-39(41)40-24-22-34(28-42(40)48)47(6,7)8;/h9-25,27-28,30H,1-8H3;/q-2;+2. The van der Waals surface area contributed by atoms with Crippen molar-refractivity contribution >= 4 is 0 Å². The van der Waals surface area contributed by atoms with Crippen molar-refractivity contribution in [1.82, 2.24) is 20.0 Å². The van der Waals surface area contributed by atoms with Crippen LogP contribution in [0, 0.1) is 26.0 Å². The summed E-state index contributed by atoms with van der Waals surface area (Å²) in [6.45, 7) is 17.8. The molecule has 0 saturated carbocycles. The number of aromatic nitrogens is 4. The summed E-state index contributed by atoms with van der Waals surface area (Å²) in [7, 11) is 0. The minimum Gasteiger partial charge on any atom is -0.509 e. The van der Waals surface area contributed by atoms with E-state index in [2.05, 4.69) is 157 Å². The summed E-state index contributed by atoms with van der Waals surface area (Å²) < 4.78 is 8.34. The molecule has 0 spiro atoms. The second kappa shape index (κ2) is 13.9. The molecule has 0 radical (unpaired) electrons. The first-order chi connectivity index (χ1) is 25.3. The maximum atomic E-state index is 6.59. The van der Waals surface area contributed by atoms with Crippen molar-refractivity contribution in [3.63, 3.8) is 0 Å². The van der Waals surface area contributed by atoms with E-state index in [1.165, 1.54) is 33.4 Å². The summed E-state index contributed by atoms with van der Waals surface area (Å²) in [5.74, 6) is 1.15. The van der Waals surface area contributed by atoms with Gasteiger partial charge in [0.05, 0.1) is 17.3 Å². The summed E-state index contributed by atoms with van der Waals surface area (Å²) >= 11 is 0. The molecule has 6 heteroatoms. The maximum absolute atomic E-state index is 6.59.